The fourth-order valence-corrected chi connectivity index (χ4v) is 4.55. The average Bonchev–Trinajstić information content (AvgIpc) is 3.18. The molecule has 3 aliphatic rings. The summed E-state index contributed by atoms with van der Waals surface area (Å²) < 4.78 is 11.0. The highest BCUT2D eigenvalue weighted by molar-refractivity contribution is 5.94. The summed E-state index contributed by atoms with van der Waals surface area (Å²) in [7, 11) is 0. The maximum atomic E-state index is 5.96. The van der Waals surface area contributed by atoms with Crippen molar-refractivity contribution in [2.45, 2.75) is 58.4 Å². The summed E-state index contributed by atoms with van der Waals surface area (Å²) in [5.74, 6) is 3.38. The molecule has 2 heterocycles. The average molecular weight is 387 g/mol. The van der Waals surface area contributed by atoms with Crippen molar-refractivity contribution >= 4 is 11.6 Å². The van der Waals surface area contributed by atoms with E-state index in [2.05, 4.69) is 24.1 Å². The quantitative estimate of drug-likeness (QED) is 0.608. The number of benzene rings is 1. The van der Waals surface area contributed by atoms with E-state index in [-0.39, 0.29) is 5.41 Å². The number of likely N-dealkylation sites (tertiary alicyclic amines) is 1. The van der Waals surface area contributed by atoms with Gasteiger partial charge in [0.05, 0.1) is 0 Å². The Morgan fingerprint density at radius 2 is 1.96 bits per heavy atom. The van der Waals surface area contributed by atoms with Gasteiger partial charge in [0.25, 0.3) is 0 Å². The van der Waals surface area contributed by atoms with Gasteiger partial charge in [-0.2, -0.15) is 0 Å². The molecule has 2 fully saturated rings. The van der Waals surface area contributed by atoms with E-state index < -0.39 is 0 Å². The second-order valence-corrected chi connectivity index (χ2v) is 9.15. The zero-order chi connectivity index (χ0) is 19.6. The standard InChI is InChI=1S/C22H34N4O2/c1-22(2,13-23)14-24-21(25-17-9-10-19-20(12-17)28-15-27-19)26-11-5-7-16-6-3-4-8-18(16)26/h9-10,12,16,18H,3-8,11,13-15,23H2,1-2H3,(H,24,25). The van der Waals surface area contributed by atoms with Gasteiger partial charge >= 0.3 is 0 Å². The number of aliphatic imine (C=N–C) groups is 1. The molecule has 2 aliphatic heterocycles. The third-order valence-electron chi connectivity index (χ3n) is 6.35. The van der Waals surface area contributed by atoms with Crippen LogP contribution >= 0.6 is 0 Å². The largest absolute Gasteiger partial charge is 0.454 e. The van der Waals surface area contributed by atoms with Gasteiger partial charge in [-0.1, -0.05) is 26.7 Å². The fraction of sp³-hybridized carbons (Fsp3) is 0.682. The molecule has 28 heavy (non-hydrogen) atoms. The molecule has 0 radical (unpaired) electrons. The number of fused-ring (bicyclic) bond motifs is 2. The van der Waals surface area contributed by atoms with Crippen molar-refractivity contribution in [2.75, 3.05) is 31.7 Å². The molecule has 0 aromatic heterocycles. The predicted molar refractivity (Wildman–Crippen MR) is 113 cm³/mol. The van der Waals surface area contributed by atoms with Gasteiger partial charge in [0.1, 0.15) is 0 Å². The molecule has 1 saturated carbocycles. The van der Waals surface area contributed by atoms with Crippen LogP contribution in [0.25, 0.3) is 0 Å². The smallest absolute Gasteiger partial charge is 0.231 e. The Kier molecular flexibility index (Phi) is 5.67. The minimum absolute atomic E-state index is 0.0103. The lowest BCUT2D eigenvalue weighted by Gasteiger charge is -2.45. The molecule has 0 bridgehead atoms. The first kappa shape index (κ1) is 19.4. The summed E-state index contributed by atoms with van der Waals surface area (Å²) in [6, 6.07) is 6.61. The fourth-order valence-electron chi connectivity index (χ4n) is 4.55. The third kappa shape index (κ3) is 4.22. The Bertz CT molecular complexity index is 716. The number of nitrogens with two attached hydrogens (primary N) is 1. The van der Waals surface area contributed by atoms with Gasteiger partial charge in [0.2, 0.25) is 6.79 Å². The molecule has 2 unspecified atom stereocenters. The number of nitrogens with zero attached hydrogens (tertiary/aromatic N) is 2. The van der Waals surface area contributed by atoms with Crippen LogP contribution < -0.4 is 20.5 Å². The van der Waals surface area contributed by atoms with Crippen molar-refractivity contribution in [3.8, 4) is 11.5 Å². The van der Waals surface area contributed by atoms with Crippen molar-refractivity contribution in [1.82, 2.24) is 4.90 Å². The van der Waals surface area contributed by atoms with Gasteiger partial charge in [-0.3, -0.25) is 4.99 Å². The van der Waals surface area contributed by atoms with Crippen LogP contribution in [-0.4, -0.2) is 43.3 Å². The number of ether oxygens (including phenoxy) is 2. The number of anilines is 1. The molecular weight excluding hydrogens is 352 g/mol. The summed E-state index contributed by atoms with van der Waals surface area (Å²) in [6.45, 7) is 7.05. The monoisotopic (exact) mass is 386 g/mol. The Labute approximate surface area is 168 Å². The lowest BCUT2D eigenvalue weighted by atomic mass is 9.78. The molecule has 0 amide bonds. The molecule has 1 saturated heterocycles. The summed E-state index contributed by atoms with van der Waals surface area (Å²) in [4.78, 5) is 7.58. The maximum Gasteiger partial charge on any atom is 0.231 e. The van der Waals surface area contributed by atoms with Crippen LogP contribution in [0.4, 0.5) is 5.69 Å². The molecule has 1 aromatic carbocycles. The second kappa shape index (κ2) is 8.19. The van der Waals surface area contributed by atoms with Crippen LogP contribution in [0.2, 0.25) is 0 Å². The van der Waals surface area contributed by atoms with Gasteiger partial charge in [-0.25, -0.2) is 0 Å². The molecule has 3 N–H and O–H groups in total. The van der Waals surface area contributed by atoms with E-state index in [1.807, 2.05) is 18.2 Å². The van der Waals surface area contributed by atoms with Crippen LogP contribution in [0, 0.1) is 11.3 Å². The summed E-state index contributed by atoms with van der Waals surface area (Å²) in [6.07, 6.45) is 7.91. The first-order chi connectivity index (χ1) is 13.6. The zero-order valence-electron chi connectivity index (χ0n) is 17.2. The van der Waals surface area contributed by atoms with E-state index >= 15 is 0 Å². The number of hydrogen-bond donors (Lipinski definition) is 2. The molecule has 2 atom stereocenters. The lowest BCUT2D eigenvalue weighted by Crippen LogP contribution is -2.52. The number of nitrogens with one attached hydrogen (secondary N) is 1. The van der Waals surface area contributed by atoms with Crippen LogP contribution in [0.5, 0.6) is 11.5 Å². The van der Waals surface area contributed by atoms with Crippen LogP contribution in [-0.2, 0) is 0 Å². The molecule has 1 aromatic rings. The van der Waals surface area contributed by atoms with E-state index in [1.54, 1.807) is 0 Å². The van der Waals surface area contributed by atoms with E-state index in [9.17, 15) is 0 Å². The topological polar surface area (TPSA) is 72.1 Å². The van der Waals surface area contributed by atoms with Gasteiger partial charge < -0.3 is 25.4 Å². The first-order valence-corrected chi connectivity index (χ1v) is 10.7. The predicted octanol–water partition coefficient (Wildman–Crippen LogP) is 3.82. The summed E-state index contributed by atoms with van der Waals surface area (Å²) in [5.41, 5.74) is 6.94. The van der Waals surface area contributed by atoms with Gasteiger partial charge in [-0.05, 0) is 55.7 Å². The minimum atomic E-state index is -0.0103. The Hall–Kier alpha value is -1.95. The van der Waals surface area contributed by atoms with Crippen molar-refractivity contribution in [2.24, 2.45) is 22.1 Å². The molecule has 0 spiro atoms. The third-order valence-corrected chi connectivity index (χ3v) is 6.35. The number of rotatable bonds is 4. The highest BCUT2D eigenvalue weighted by Crippen LogP contribution is 2.37. The molecular formula is C22H34N4O2. The molecule has 4 rings (SSSR count). The van der Waals surface area contributed by atoms with Gasteiger partial charge in [0, 0.05) is 30.9 Å². The number of guanidine groups is 1. The van der Waals surface area contributed by atoms with Crippen molar-refractivity contribution < 1.29 is 9.47 Å². The van der Waals surface area contributed by atoms with Crippen molar-refractivity contribution in [1.29, 1.82) is 0 Å². The van der Waals surface area contributed by atoms with Gasteiger partial charge in [-0.15, -0.1) is 0 Å². The van der Waals surface area contributed by atoms with Crippen LogP contribution in [0.3, 0.4) is 0 Å². The molecule has 6 heteroatoms. The number of piperidine rings is 1. The van der Waals surface area contributed by atoms with Crippen LogP contribution in [0.15, 0.2) is 23.2 Å². The van der Waals surface area contributed by atoms with E-state index in [0.717, 1.165) is 35.6 Å². The summed E-state index contributed by atoms with van der Waals surface area (Å²) >= 11 is 0. The SMILES string of the molecule is CC(C)(CN)CN=C(Nc1ccc2c(c1)OCO2)N1CCCC2CCCCC21. The Balaban J connectivity index is 1.59. The Morgan fingerprint density at radius 1 is 1.18 bits per heavy atom. The first-order valence-electron chi connectivity index (χ1n) is 10.7. The van der Waals surface area contributed by atoms with E-state index in [4.69, 9.17) is 20.2 Å². The second-order valence-electron chi connectivity index (χ2n) is 9.15. The summed E-state index contributed by atoms with van der Waals surface area (Å²) in [5, 5.41) is 3.61. The van der Waals surface area contributed by atoms with E-state index in [1.165, 1.54) is 38.5 Å². The van der Waals surface area contributed by atoms with Gasteiger partial charge in [0.15, 0.2) is 17.5 Å². The molecule has 1 aliphatic carbocycles. The zero-order valence-corrected chi connectivity index (χ0v) is 17.2. The van der Waals surface area contributed by atoms with E-state index in [0.29, 0.717) is 25.9 Å². The highest BCUT2D eigenvalue weighted by Gasteiger charge is 2.35. The molecule has 6 nitrogen and oxygen atoms in total. The van der Waals surface area contributed by atoms with Crippen LogP contribution in [0.1, 0.15) is 52.4 Å². The van der Waals surface area contributed by atoms with Crippen molar-refractivity contribution in [3.05, 3.63) is 18.2 Å². The minimum Gasteiger partial charge on any atom is -0.454 e. The lowest BCUT2D eigenvalue weighted by molar-refractivity contribution is 0.119. The number of hydrogen-bond acceptors (Lipinski definition) is 4. The normalized spacial score (nSPS) is 24.8. The highest BCUT2D eigenvalue weighted by atomic mass is 16.7. The maximum absolute atomic E-state index is 5.96. The Morgan fingerprint density at radius 3 is 2.82 bits per heavy atom. The van der Waals surface area contributed by atoms with Crippen molar-refractivity contribution in [3.63, 3.8) is 0 Å². The molecule has 154 valence electrons.